The largest absolute Gasteiger partial charge is 0.337 e. The maximum atomic E-state index is 14.1. The fourth-order valence-electron chi connectivity index (χ4n) is 4.55. The first-order valence-electron chi connectivity index (χ1n) is 9.98. The highest BCUT2D eigenvalue weighted by atomic mass is 35.5. The second kappa shape index (κ2) is 7.47. The van der Waals surface area contributed by atoms with E-state index in [9.17, 15) is 4.79 Å². The fourth-order valence-corrected chi connectivity index (χ4v) is 4.74. The molecule has 0 N–H and O–H groups in total. The Kier molecular flexibility index (Phi) is 4.65. The highest BCUT2D eigenvalue weighted by Gasteiger charge is 2.62. The maximum Gasteiger partial charge on any atom is 0.194 e. The Morgan fingerprint density at radius 2 is 1.20 bits per heavy atom. The van der Waals surface area contributed by atoms with Crippen LogP contribution < -0.4 is 4.90 Å². The molecule has 1 aliphatic heterocycles. The van der Waals surface area contributed by atoms with Gasteiger partial charge in [0.1, 0.15) is 6.04 Å². The third-order valence-electron chi connectivity index (χ3n) is 5.81. The topological polar surface area (TPSA) is 20.3 Å². The summed E-state index contributed by atoms with van der Waals surface area (Å²) >= 11 is 6.37. The lowest BCUT2D eigenvalue weighted by Crippen LogP contribution is -2.68. The van der Waals surface area contributed by atoms with E-state index < -0.39 is 5.54 Å². The lowest BCUT2D eigenvalue weighted by Gasteiger charge is -2.58. The first-order chi connectivity index (χ1) is 14.7. The maximum absolute atomic E-state index is 14.1. The number of ketones is 1. The number of hydrogen-bond acceptors (Lipinski definition) is 2. The summed E-state index contributed by atoms with van der Waals surface area (Å²) in [7, 11) is 0. The Bertz CT molecular complexity index is 1140. The highest BCUT2D eigenvalue weighted by Crippen LogP contribution is 2.55. The van der Waals surface area contributed by atoms with E-state index in [0.29, 0.717) is 5.02 Å². The third kappa shape index (κ3) is 2.76. The molecular formula is C27H20ClNO. The summed E-state index contributed by atoms with van der Waals surface area (Å²) in [6, 6.07) is 37.3. The van der Waals surface area contributed by atoms with Crippen LogP contribution in [0.5, 0.6) is 0 Å². The molecule has 146 valence electrons. The summed E-state index contributed by atoms with van der Waals surface area (Å²) < 4.78 is 0. The monoisotopic (exact) mass is 409 g/mol. The van der Waals surface area contributed by atoms with Crippen LogP contribution in [0, 0.1) is 0 Å². The summed E-state index contributed by atoms with van der Waals surface area (Å²) in [5.74, 6) is 0.158. The molecule has 0 aliphatic carbocycles. The molecule has 3 heteroatoms. The minimum atomic E-state index is -0.909. The van der Waals surface area contributed by atoms with Crippen LogP contribution in [0.25, 0.3) is 0 Å². The van der Waals surface area contributed by atoms with Gasteiger partial charge >= 0.3 is 0 Å². The molecule has 0 saturated carbocycles. The lowest BCUT2D eigenvalue weighted by molar-refractivity contribution is -0.131. The van der Waals surface area contributed by atoms with E-state index in [2.05, 4.69) is 4.90 Å². The van der Waals surface area contributed by atoms with E-state index in [1.165, 1.54) is 0 Å². The van der Waals surface area contributed by atoms with Crippen LogP contribution >= 0.6 is 11.6 Å². The minimum Gasteiger partial charge on any atom is -0.337 e. The molecule has 1 saturated heterocycles. The molecule has 0 radical (unpaired) electrons. The smallest absolute Gasteiger partial charge is 0.194 e. The minimum absolute atomic E-state index is 0.158. The molecule has 1 aliphatic rings. The number of anilines is 1. The van der Waals surface area contributed by atoms with Gasteiger partial charge in [-0.3, -0.25) is 4.79 Å². The standard InChI is InChI=1S/C27H20ClNO/c28-23-17-10-18-24(19-23)29-25(20-11-4-1-5-12-20)26(30)27(29,21-13-6-2-7-14-21)22-15-8-3-9-16-22/h1-19,25H. The molecule has 0 aromatic heterocycles. The predicted molar refractivity (Wildman–Crippen MR) is 122 cm³/mol. The van der Waals surface area contributed by atoms with Crippen LogP contribution in [-0.2, 0) is 10.3 Å². The van der Waals surface area contributed by atoms with Crippen LogP contribution in [0.3, 0.4) is 0 Å². The number of nitrogens with zero attached hydrogens (tertiary/aromatic N) is 1. The average molecular weight is 410 g/mol. The van der Waals surface area contributed by atoms with E-state index >= 15 is 0 Å². The van der Waals surface area contributed by atoms with Crippen molar-refractivity contribution < 1.29 is 4.79 Å². The molecule has 30 heavy (non-hydrogen) atoms. The van der Waals surface area contributed by atoms with Crippen molar-refractivity contribution in [3.8, 4) is 0 Å². The molecule has 2 nitrogen and oxygen atoms in total. The quantitative estimate of drug-likeness (QED) is 0.388. The van der Waals surface area contributed by atoms with E-state index in [1.54, 1.807) is 0 Å². The van der Waals surface area contributed by atoms with Crippen LogP contribution in [0.2, 0.25) is 5.02 Å². The number of carbonyl (C=O) groups excluding carboxylic acids is 1. The first kappa shape index (κ1) is 18.7. The molecule has 5 rings (SSSR count). The zero-order valence-electron chi connectivity index (χ0n) is 16.3. The van der Waals surface area contributed by atoms with Gasteiger partial charge in [0.25, 0.3) is 0 Å². The number of halogens is 1. The second-order valence-electron chi connectivity index (χ2n) is 7.47. The van der Waals surface area contributed by atoms with Crippen molar-refractivity contribution in [3.63, 3.8) is 0 Å². The molecule has 1 fully saturated rings. The molecule has 0 spiro atoms. The van der Waals surface area contributed by atoms with Gasteiger partial charge in [-0.15, -0.1) is 0 Å². The number of carbonyl (C=O) groups is 1. The first-order valence-corrected chi connectivity index (χ1v) is 10.4. The molecule has 0 bridgehead atoms. The molecule has 1 atom stereocenters. The van der Waals surface area contributed by atoms with Crippen molar-refractivity contribution in [1.29, 1.82) is 0 Å². The summed E-state index contributed by atoms with van der Waals surface area (Å²) in [5, 5.41) is 0.647. The van der Waals surface area contributed by atoms with Crippen molar-refractivity contribution in [2.45, 2.75) is 11.6 Å². The molecule has 1 unspecified atom stereocenters. The van der Waals surface area contributed by atoms with Crippen LogP contribution in [0.1, 0.15) is 22.7 Å². The Morgan fingerprint density at radius 3 is 1.73 bits per heavy atom. The van der Waals surface area contributed by atoms with Crippen molar-refractivity contribution in [2.75, 3.05) is 4.90 Å². The number of hydrogen-bond donors (Lipinski definition) is 0. The molecule has 4 aromatic rings. The van der Waals surface area contributed by atoms with Crippen molar-refractivity contribution in [3.05, 3.63) is 137 Å². The number of benzene rings is 4. The van der Waals surface area contributed by atoms with Crippen LogP contribution in [0.15, 0.2) is 115 Å². The van der Waals surface area contributed by atoms with E-state index in [0.717, 1.165) is 22.4 Å². The van der Waals surface area contributed by atoms with E-state index in [-0.39, 0.29) is 11.8 Å². The Hall–Kier alpha value is -3.36. The lowest BCUT2D eigenvalue weighted by atomic mass is 9.65. The van der Waals surface area contributed by atoms with Crippen LogP contribution in [-0.4, -0.2) is 5.78 Å². The fraction of sp³-hybridized carbons (Fsp3) is 0.0741. The van der Waals surface area contributed by atoms with E-state index in [1.807, 2.05) is 115 Å². The normalized spacial score (nSPS) is 17.4. The predicted octanol–water partition coefficient (Wildman–Crippen LogP) is 6.41. The molecular weight excluding hydrogens is 390 g/mol. The van der Waals surface area contributed by atoms with Crippen molar-refractivity contribution in [1.82, 2.24) is 0 Å². The molecule has 4 aromatic carbocycles. The van der Waals surface area contributed by atoms with Gasteiger partial charge in [0.05, 0.1) is 0 Å². The third-order valence-corrected chi connectivity index (χ3v) is 6.04. The Morgan fingerprint density at radius 1 is 0.667 bits per heavy atom. The van der Waals surface area contributed by atoms with E-state index in [4.69, 9.17) is 11.6 Å². The highest BCUT2D eigenvalue weighted by molar-refractivity contribution is 6.31. The van der Waals surface area contributed by atoms with Gasteiger partial charge in [-0.05, 0) is 34.9 Å². The number of rotatable bonds is 4. The summed E-state index contributed by atoms with van der Waals surface area (Å²) in [4.78, 5) is 16.3. The zero-order chi connectivity index (χ0) is 20.6. The zero-order valence-corrected chi connectivity index (χ0v) is 17.0. The van der Waals surface area contributed by atoms with Crippen molar-refractivity contribution >= 4 is 23.1 Å². The van der Waals surface area contributed by atoms with Gasteiger partial charge in [-0.1, -0.05) is 109 Å². The van der Waals surface area contributed by atoms with Gasteiger partial charge in [0.2, 0.25) is 0 Å². The van der Waals surface area contributed by atoms with Crippen LogP contribution in [0.4, 0.5) is 5.69 Å². The summed E-state index contributed by atoms with van der Waals surface area (Å²) in [6.07, 6.45) is 0. The summed E-state index contributed by atoms with van der Waals surface area (Å²) in [6.45, 7) is 0. The van der Waals surface area contributed by atoms with Gasteiger partial charge in [0.15, 0.2) is 11.3 Å². The van der Waals surface area contributed by atoms with Gasteiger partial charge in [-0.25, -0.2) is 0 Å². The SMILES string of the molecule is O=C1C(c2ccccc2)N(c2cccc(Cl)c2)C1(c1ccccc1)c1ccccc1. The van der Waals surface area contributed by atoms with Crippen molar-refractivity contribution in [2.24, 2.45) is 0 Å². The molecule has 1 heterocycles. The Labute approximate surface area is 181 Å². The van der Waals surface area contributed by atoms with Gasteiger partial charge in [-0.2, -0.15) is 0 Å². The van der Waals surface area contributed by atoms with Gasteiger partial charge < -0.3 is 4.90 Å². The average Bonchev–Trinajstić information content (AvgIpc) is 2.80. The Balaban J connectivity index is 1.79. The number of Topliss-reactive ketones (excluding diaryl/α,β-unsaturated/α-hetero) is 1. The van der Waals surface area contributed by atoms with Gasteiger partial charge in [0, 0.05) is 10.7 Å². The molecule has 0 amide bonds. The summed E-state index contributed by atoms with van der Waals surface area (Å²) in [5.41, 5.74) is 2.89. The second-order valence-corrected chi connectivity index (χ2v) is 7.91.